The highest BCUT2D eigenvalue weighted by Gasteiger charge is 2.18. The van der Waals surface area contributed by atoms with Crippen molar-refractivity contribution in [1.29, 1.82) is 0 Å². The largest absolute Gasteiger partial charge is 0.306 e. The van der Waals surface area contributed by atoms with Crippen molar-refractivity contribution < 1.29 is 0 Å². The Kier molecular flexibility index (Phi) is 5.66. The quantitative estimate of drug-likeness (QED) is 0.577. The summed E-state index contributed by atoms with van der Waals surface area (Å²) in [6.45, 7) is 5.16. The molecule has 1 N–H and O–H groups in total. The highest BCUT2D eigenvalue weighted by Crippen LogP contribution is 2.38. The number of thiophene rings is 1. The van der Waals surface area contributed by atoms with Gasteiger partial charge in [-0.25, -0.2) is 0 Å². The first-order chi connectivity index (χ1) is 9.02. The van der Waals surface area contributed by atoms with Crippen LogP contribution in [0, 0.1) is 6.92 Å². The Hall–Kier alpha value is 0.320. The average molecular weight is 468 g/mol. The van der Waals surface area contributed by atoms with Crippen LogP contribution in [0.3, 0.4) is 0 Å². The fraction of sp³-hybridized carbons (Fsp3) is 0.286. The molecule has 19 heavy (non-hydrogen) atoms. The van der Waals surface area contributed by atoms with E-state index in [2.05, 4.69) is 91.2 Å². The molecule has 0 radical (unpaired) electrons. The Labute approximate surface area is 143 Å². The summed E-state index contributed by atoms with van der Waals surface area (Å²) in [5.74, 6) is 0. The van der Waals surface area contributed by atoms with Gasteiger partial charge in [0.05, 0.1) is 13.6 Å². The number of benzene rings is 1. The first kappa shape index (κ1) is 15.7. The molecular weight excluding hydrogens is 454 g/mol. The third kappa shape index (κ3) is 3.70. The molecule has 0 fully saturated rings. The normalized spacial score (nSPS) is 12.7. The average Bonchev–Trinajstić information content (AvgIpc) is 2.69. The molecule has 0 saturated carbocycles. The van der Waals surface area contributed by atoms with Gasteiger partial charge in [-0.05, 0) is 74.2 Å². The smallest absolute Gasteiger partial charge is 0.0761 e. The van der Waals surface area contributed by atoms with E-state index in [9.17, 15) is 0 Å². The lowest BCUT2D eigenvalue weighted by Crippen LogP contribution is -2.21. The molecule has 0 aliphatic carbocycles. The van der Waals surface area contributed by atoms with Gasteiger partial charge in [-0.2, -0.15) is 0 Å². The van der Waals surface area contributed by atoms with E-state index in [1.165, 1.54) is 20.5 Å². The summed E-state index contributed by atoms with van der Waals surface area (Å²) in [5, 5.41) is 3.55. The van der Waals surface area contributed by atoms with Crippen LogP contribution in [0.5, 0.6) is 0 Å². The summed E-state index contributed by atoms with van der Waals surface area (Å²) in [6.07, 6.45) is 0. The van der Waals surface area contributed by atoms with Crippen LogP contribution in [0.2, 0.25) is 0 Å². The van der Waals surface area contributed by atoms with E-state index in [0.717, 1.165) is 14.8 Å². The third-order valence-corrected chi connectivity index (χ3v) is 6.17. The van der Waals surface area contributed by atoms with Crippen molar-refractivity contribution >= 4 is 59.1 Å². The van der Waals surface area contributed by atoms with Crippen molar-refractivity contribution in [3.05, 3.63) is 53.0 Å². The summed E-state index contributed by atoms with van der Waals surface area (Å²) in [7, 11) is 0. The molecule has 0 aliphatic rings. The van der Waals surface area contributed by atoms with Gasteiger partial charge in [0, 0.05) is 4.47 Å². The maximum Gasteiger partial charge on any atom is 0.0761 e. The molecule has 102 valence electrons. The molecular formula is C14H14Br3NS. The van der Waals surface area contributed by atoms with Gasteiger partial charge >= 0.3 is 0 Å². The zero-order chi connectivity index (χ0) is 14.0. The number of aryl methyl sites for hydroxylation is 1. The summed E-state index contributed by atoms with van der Waals surface area (Å²) in [5.41, 5.74) is 3.80. The van der Waals surface area contributed by atoms with Crippen molar-refractivity contribution in [2.24, 2.45) is 0 Å². The minimum Gasteiger partial charge on any atom is -0.306 e. The Bertz CT molecular complexity index is 580. The Morgan fingerprint density at radius 3 is 2.47 bits per heavy atom. The second-order valence-corrected chi connectivity index (χ2v) is 8.88. The SMILES string of the molecule is CCNC(c1ccc(C)c(Br)c1)c1cc(Br)sc1Br. The van der Waals surface area contributed by atoms with Crippen LogP contribution in [0.15, 0.2) is 36.3 Å². The maximum atomic E-state index is 3.65. The lowest BCUT2D eigenvalue weighted by Gasteiger charge is -2.19. The van der Waals surface area contributed by atoms with Gasteiger partial charge in [0.15, 0.2) is 0 Å². The van der Waals surface area contributed by atoms with E-state index in [1.54, 1.807) is 11.3 Å². The molecule has 0 aliphatic heterocycles. The Morgan fingerprint density at radius 1 is 1.21 bits per heavy atom. The van der Waals surface area contributed by atoms with Crippen LogP contribution < -0.4 is 5.32 Å². The summed E-state index contributed by atoms with van der Waals surface area (Å²) >= 11 is 12.5. The molecule has 2 aromatic rings. The highest BCUT2D eigenvalue weighted by atomic mass is 79.9. The molecule has 1 heterocycles. The second kappa shape index (κ2) is 6.85. The van der Waals surface area contributed by atoms with Crippen LogP contribution in [0.4, 0.5) is 0 Å². The minimum absolute atomic E-state index is 0.207. The number of hydrogen-bond donors (Lipinski definition) is 1. The van der Waals surface area contributed by atoms with Crippen LogP contribution >= 0.6 is 59.1 Å². The molecule has 0 amide bonds. The first-order valence-corrected chi connectivity index (χ1v) is 9.16. The zero-order valence-electron chi connectivity index (χ0n) is 10.6. The van der Waals surface area contributed by atoms with Crippen molar-refractivity contribution in [2.45, 2.75) is 19.9 Å². The zero-order valence-corrected chi connectivity index (χ0v) is 16.2. The van der Waals surface area contributed by atoms with E-state index >= 15 is 0 Å². The number of rotatable bonds is 4. The lowest BCUT2D eigenvalue weighted by atomic mass is 10.0. The van der Waals surface area contributed by atoms with E-state index < -0.39 is 0 Å². The topological polar surface area (TPSA) is 12.0 Å². The lowest BCUT2D eigenvalue weighted by molar-refractivity contribution is 0.630. The summed E-state index contributed by atoms with van der Waals surface area (Å²) in [4.78, 5) is 0. The van der Waals surface area contributed by atoms with Gasteiger partial charge in [-0.1, -0.05) is 35.0 Å². The van der Waals surface area contributed by atoms with Crippen molar-refractivity contribution in [2.75, 3.05) is 6.54 Å². The first-order valence-electron chi connectivity index (χ1n) is 5.97. The minimum atomic E-state index is 0.207. The van der Waals surface area contributed by atoms with Gasteiger partial charge < -0.3 is 5.32 Å². The second-order valence-electron chi connectivity index (χ2n) is 4.28. The molecule has 1 aromatic heterocycles. The van der Waals surface area contributed by atoms with Gasteiger partial charge in [-0.15, -0.1) is 11.3 Å². The highest BCUT2D eigenvalue weighted by molar-refractivity contribution is 9.12. The van der Waals surface area contributed by atoms with Gasteiger partial charge in [0.25, 0.3) is 0 Å². The summed E-state index contributed by atoms with van der Waals surface area (Å²) < 4.78 is 3.46. The van der Waals surface area contributed by atoms with Gasteiger partial charge in [0.1, 0.15) is 0 Å². The molecule has 5 heteroatoms. The molecule has 1 nitrogen and oxygen atoms in total. The van der Waals surface area contributed by atoms with Crippen molar-refractivity contribution in [3.8, 4) is 0 Å². The van der Waals surface area contributed by atoms with Crippen molar-refractivity contribution in [1.82, 2.24) is 5.32 Å². The monoisotopic (exact) mass is 465 g/mol. The van der Waals surface area contributed by atoms with Crippen LogP contribution in [-0.4, -0.2) is 6.54 Å². The molecule has 2 rings (SSSR count). The fourth-order valence-electron chi connectivity index (χ4n) is 1.95. The van der Waals surface area contributed by atoms with Gasteiger partial charge in [-0.3, -0.25) is 0 Å². The molecule has 1 atom stereocenters. The standard InChI is InChI=1S/C14H14Br3NS/c1-3-18-13(10-7-12(16)19-14(10)17)9-5-4-8(2)11(15)6-9/h4-7,13,18H,3H2,1-2H3. The molecule has 0 saturated heterocycles. The van der Waals surface area contributed by atoms with E-state index in [1.807, 2.05) is 0 Å². The molecule has 0 spiro atoms. The van der Waals surface area contributed by atoms with Crippen LogP contribution in [-0.2, 0) is 0 Å². The van der Waals surface area contributed by atoms with Crippen LogP contribution in [0.1, 0.15) is 29.7 Å². The predicted octanol–water partition coefficient (Wildman–Crippen LogP) is 6.04. The number of nitrogens with one attached hydrogen (secondary N) is 1. The summed E-state index contributed by atoms with van der Waals surface area (Å²) in [6, 6.07) is 8.92. The number of hydrogen-bond acceptors (Lipinski definition) is 2. The van der Waals surface area contributed by atoms with Crippen molar-refractivity contribution in [3.63, 3.8) is 0 Å². The molecule has 1 aromatic carbocycles. The van der Waals surface area contributed by atoms with E-state index in [4.69, 9.17) is 0 Å². The van der Waals surface area contributed by atoms with Crippen LogP contribution in [0.25, 0.3) is 0 Å². The molecule has 1 unspecified atom stereocenters. The third-order valence-electron chi connectivity index (χ3n) is 2.93. The molecule has 0 bridgehead atoms. The number of halogens is 3. The van der Waals surface area contributed by atoms with E-state index in [-0.39, 0.29) is 6.04 Å². The maximum absolute atomic E-state index is 3.65. The fourth-order valence-corrected chi connectivity index (χ4v) is 5.25. The van der Waals surface area contributed by atoms with Gasteiger partial charge in [0.2, 0.25) is 0 Å². The predicted molar refractivity (Wildman–Crippen MR) is 94.1 cm³/mol. The Balaban J connectivity index is 2.44. The Morgan fingerprint density at radius 2 is 1.95 bits per heavy atom. The van der Waals surface area contributed by atoms with E-state index in [0.29, 0.717) is 0 Å².